The molecule has 220 valence electrons. The van der Waals surface area contributed by atoms with Crippen molar-refractivity contribution >= 4 is 5.97 Å². The SMILES string of the molecule is CCCC(C)C1CCC2C3C(O)CC4C[C@H](O)CCC4(C)C3CCC12C.O=C(O)c1cc(CNO)ccc1O. The highest BCUT2D eigenvalue weighted by molar-refractivity contribution is 5.90. The maximum atomic E-state index is 11.3. The Balaban J connectivity index is 0.000000229. The van der Waals surface area contributed by atoms with E-state index in [-0.39, 0.29) is 30.1 Å². The second-order valence-electron chi connectivity index (χ2n) is 13.7. The molecule has 7 nitrogen and oxygen atoms in total. The highest BCUT2D eigenvalue weighted by Gasteiger charge is 2.62. The fraction of sp³-hybridized carbons (Fsp3) is 0.781. The maximum Gasteiger partial charge on any atom is 0.339 e. The van der Waals surface area contributed by atoms with Gasteiger partial charge in [0.05, 0.1) is 12.2 Å². The van der Waals surface area contributed by atoms with E-state index in [1.165, 1.54) is 63.1 Å². The summed E-state index contributed by atoms with van der Waals surface area (Å²) in [7, 11) is 0. The van der Waals surface area contributed by atoms with E-state index < -0.39 is 5.97 Å². The predicted octanol–water partition coefficient (Wildman–Crippen LogP) is 5.98. The zero-order valence-electron chi connectivity index (χ0n) is 24.3. The van der Waals surface area contributed by atoms with Gasteiger partial charge in [0, 0.05) is 6.54 Å². The normalized spacial score (nSPS) is 39.9. The van der Waals surface area contributed by atoms with Gasteiger partial charge in [0.1, 0.15) is 11.3 Å². The first-order valence-corrected chi connectivity index (χ1v) is 15.2. The molecular formula is C32H51NO6. The Morgan fingerprint density at radius 3 is 2.41 bits per heavy atom. The van der Waals surface area contributed by atoms with Gasteiger partial charge in [-0.25, -0.2) is 10.3 Å². The molecule has 0 radical (unpaired) electrons. The minimum absolute atomic E-state index is 0.128. The van der Waals surface area contributed by atoms with E-state index in [1.54, 1.807) is 0 Å². The van der Waals surface area contributed by atoms with Crippen LogP contribution in [0.3, 0.4) is 0 Å². The number of aromatic hydroxyl groups is 1. The predicted molar refractivity (Wildman–Crippen MR) is 150 cm³/mol. The van der Waals surface area contributed by atoms with Gasteiger partial charge in [0.15, 0.2) is 0 Å². The molecule has 5 rings (SSSR count). The average molecular weight is 546 g/mol. The number of hydroxylamine groups is 1. The zero-order valence-corrected chi connectivity index (χ0v) is 24.3. The fourth-order valence-corrected chi connectivity index (χ4v) is 9.79. The molecule has 9 unspecified atom stereocenters. The Labute approximate surface area is 234 Å². The molecule has 0 amide bonds. The molecule has 7 heteroatoms. The monoisotopic (exact) mass is 545 g/mol. The van der Waals surface area contributed by atoms with Crippen LogP contribution in [0.5, 0.6) is 5.75 Å². The van der Waals surface area contributed by atoms with E-state index in [0.717, 1.165) is 37.0 Å². The summed E-state index contributed by atoms with van der Waals surface area (Å²) in [6.07, 6.45) is 11.8. The summed E-state index contributed by atoms with van der Waals surface area (Å²) in [5.74, 6) is 2.67. The maximum absolute atomic E-state index is 11.3. The molecule has 1 aromatic carbocycles. The van der Waals surface area contributed by atoms with Crippen molar-refractivity contribution in [2.45, 2.75) is 111 Å². The Morgan fingerprint density at radius 2 is 1.74 bits per heavy atom. The summed E-state index contributed by atoms with van der Waals surface area (Å²) in [5.41, 5.74) is 3.11. The highest BCUT2D eigenvalue weighted by atomic mass is 16.5. The minimum atomic E-state index is -1.20. The largest absolute Gasteiger partial charge is 0.507 e. The van der Waals surface area contributed by atoms with Crippen molar-refractivity contribution in [3.8, 4) is 5.75 Å². The standard InChI is InChI=1S/C24H42O2.C8H9NO4/c1-5-6-15(2)18-7-8-19-22-20(10-12-24(18,19)4)23(3)11-9-17(25)13-16(23)14-21(22)26;10-7-2-1-5(4-9-13)3-6(7)8(11)12/h15-22,25-26H,5-14H2,1-4H3;1-3,9-10,13H,4H2,(H,11,12)/t15?,16?,17-,18?,19?,20?,21?,22?,23?,24?;/m1./s1. The molecule has 0 heterocycles. The Bertz CT molecular complexity index is 1000. The molecule has 0 bridgehead atoms. The number of aliphatic hydroxyl groups is 2. The van der Waals surface area contributed by atoms with Crippen molar-refractivity contribution in [3.05, 3.63) is 29.3 Å². The van der Waals surface area contributed by atoms with Crippen LogP contribution in [0.25, 0.3) is 0 Å². The Morgan fingerprint density at radius 1 is 1.05 bits per heavy atom. The second-order valence-corrected chi connectivity index (χ2v) is 13.7. The lowest BCUT2D eigenvalue weighted by Gasteiger charge is -2.62. The molecule has 39 heavy (non-hydrogen) atoms. The van der Waals surface area contributed by atoms with Gasteiger partial charge in [0.25, 0.3) is 0 Å². The van der Waals surface area contributed by atoms with Crippen LogP contribution in [-0.4, -0.2) is 43.8 Å². The van der Waals surface area contributed by atoms with Crippen molar-refractivity contribution in [1.82, 2.24) is 5.48 Å². The zero-order chi connectivity index (χ0) is 28.5. The van der Waals surface area contributed by atoms with E-state index in [0.29, 0.717) is 34.1 Å². The Kier molecular flexibility index (Phi) is 9.36. The first-order chi connectivity index (χ1) is 18.5. The highest BCUT2D eigenvalue weighted by Crippen LogP contribution is 2.68. The van der Waals surface area contributed by atoms with Crippen molar-refractivity contribution < 1.29 is 30.4 Å². The number of hydrogen-bond acceptors (Lipinski definition) is 6. The second kappa shape index (κ2) is 12.1. The quantitative estimate of drug-likeness (QED) is 0.242. The van der Waals surface area contributed by atoms with Crippen molar-refractivity contribution in [2.75, 3.05) is 0 Å². The van der Waals surface area contributed by atoms with Crippen LogP contribution in [0.2, 0.25) is 0 Å². The van der Waals surface area contributed by atoms with Crippen LogP contribution in [-0.2, 0) is 6.54 Å². The van der Waals surface area contributed by atoms with Gasteiger partial charge in [-0.05, 0) is 115 Å². The third kappa shape index (κ3) is 5.74. The van der Waals surface area contributed by atoms with Gasteiger partial charge in [-0.15, -0.1) is 0 Å². The summed E-state index contributed by atoms with van der Waals surface area (Å²) >= 11 is 0. The molecule has 0 saturated heterocycles. The van der Waals surface area contributed by atoms with E-state index in [4.69, 9.17) is 15.4 Å². The van der Waals surface area contributed by atoms with Crippen LogP contribution in [0.1, 0.15) is 108 Å². The van der Waals surface area contributed by atoms with Gasteiger partial charge in [0.2, 0.25) is 0 Å². The van der Waals surface area contributed by atoms with Crippen LogP contribution >= 0.6 is 0 Å². The molecule has 0 spiro atoms. The summed E-state index contributed by atoms with van der Waals surface area (Å²) in [6, 6.07) is 4.09. The summed E-state index contributed by atoms with van der Waals surface area (Å²) < 4.78 is 0. The molecule has 6 N–H and O–H groups in total. The smallest absolute Gasteiger partial charge is 0.339 e. The lowest BCUT2D eigenvalue weighted by atomic mass is 9.43. The minimum Gasteiger partial charge on any atom is -0.507 e. The number of benzene rings is 1. The molecule has 4 aliphatic carbocycles. The summed E-state index contributed by atoms with van der Waals surface area (Å²) in [4.78, 5) is 10.5. The number of carboxylic acids is 1. The summed E-state index contributed by atoms with van der Waals surface area (Å²) in [6.45, 7) is 10.1. The van der Waals surface area contributed by atoms with Crippen molar-refractivity contribution in [1.29, 1.82) is 0 Å². The number of nitrogens with one attached hydrogen (secondary N) is 1. The lowest BCUT2D eigenvalue weighted by molar-refractivity contribution is -0.174. The summed E-state index contributed by atoms with van der Waals surface area (Å²) in [5, 5.41) is 47.5. The number of rotatable bonds is 6. The van der Waals surface area contributed by atoms with Crippen LogP contribution in [0, 0.1) is 46.3 Å². The third-order valence-electron chi connectivity index (χ3n) is 11.7. The lowest BCUT2D eigenvalue weighted by Crippen LogP contribution is -2.58. The van der Waals surface area contributed by atoms with Crippen LogP contribution in [0.4, 0.5) is 0 Å². The average Bonchev–Trinajstić information content (AvgIpc) is 3.24. The molecule has 4 saturated carbocycles. The first-order valence-electron chi connectivity index (χ1n) is 15.2. The number of fused-ring (bicyclic) bond motifs is 5. The number of hydrogen-bond donors (Lipinski definition) is 6. The molecule has 1 aromatic rings. The molecule has 4 aliphatic rings. The number of aliphatic hydroxyl groups excluding tert-OH is 2. The number of aromatic carboxylic acids is 1. The topological polar surface area (TPSA) is 130 Å². The van der Waals surface area contributed by atoms with E-state index in [1.807, 2.05) is 5.48 Å². The van der Waals surface area contributed by atoms with Gasteiger partial charge >= 0.3 is 5.97 Å². The van der Waals surface area contributed by atoms with Gasteiger partial charge < -0.3 is 25.6 Å². The number of phenols is 1. The van der Waals surface area contributed by atoms with Crippen molar-refractivity contribution in [3.63, 3.8) is 0 Å². The van der Waals surface area contributed by atoms with Gasteiger partial charge in [-0.1, -0.05) is 46.6 Å². The van der Waals surface area contributed by atoms with Gasteiger partial charge in [-0.2, -0.15) is 0 Å². The van der Waals surface area contributed by atoms with E-state index in [9.17, 15) is 15.0 Å². The molecule has 4 fully saturated rings. The number of carbonyl (C=O) groups is 1. The van der Waals surface area contributed by atoms with Gasteiger partial charge in [-0.3, -0.25) is 0 Å². The molecule has 0 aromatic heterocycles. The van der Waals surface area contributed by atoms with Crippen LogP contribution in [0.15, 0.2) is 18.2 Å². The molecular weight excluding hydrogens is 494 g/mol. The first kappa shape index (κ1) is 30.3. The van der Waals surface area contributed by atoms with Crippen LogP contribution < -0.4 is 5.48 Å². The third-order valence-corrected chi connectivity index (χ3v) is 11.7. The van der Waals surface area contributed by atoms with Crippen molar-refractivity contribution in [2.24, 2.45) is 46.3 Å². The number of carboxylic acid groups (broad SMARTS) is 1. The Hall–Kier alpha value is -1.67. The fourth-order valence-electron chi connectivity index (χ4n) is 9.79. The molecule has 10 atom stereocenters. The van der Waals surface area contributed by atoms with E-state index >= 15 is 0 Å². The van der Waals surface area contributed by atoms with E-state index in [2.05, 4.69) is 27.7 Å². The molecule has 0 aliphatic heterocycles.